The lowest BCUT2D eigenvalue weighted by Crippen LogP contribution is -2.44. The number of carbonyl (C=O) groups is 3. The summed E-state index contributed by atoms with van der Waals surface area (Å²) in [5.74, 6) is -1.51. The van der Waals surface area contributed by atoms with Crippen LogP contribution in [-0.2, 0) is 17.9 Å². The van der Waals surface area contributed by atoms with Gasteiger partial charge in [0.1, 0.15) is 17.4 Å². The lowest BCUT2D eigenvalue weighted by Gasteiger charge is -2.33. The molecule has 0 radical (unpaired) electrons. The van der Waals surface area contributed by atoms with Gasteiger partial charge in [-0.2, -0.15) is 0 Å². The van der Waals surface area contributed by atoms with Crippen LogP contribution >= 0.6 is 11.6 Å². The van der Waals surface area contributed by atoms with Crippen molar-refractivity contribution in [2.45, 2.75) is 65.1 Å². The lowest BCUT2D eigenvalue weighted by atomic mass is 9.98. The summed E-state index contributed by atoms with van der Waals surface area (Å²) in [7, 11) is 0. The highest BCUT2D eigenvalue weighted by Crippen LogP contribution is 2.37. The summed E-state index contributed by atoms with van der Waals surface area (Å²) in [5, 5.41) is 15.9. The Morgan fingerprint density at radius 3 is 2.20 bits per heavy atom. The third-order valence-corrected chi connectivity index (χ3v) is 9.91. The van der Waals surface area contributed by atoms with Gasteiger partial charge < -0.3 is 15.7 Å². The van der Waals surface area contributed by atoms with E-state index in [0.717, 1.165) is 66.8 Å². The van der Waals surface area contributed by atoms with Crippen molar-refractivity contribution >= 4 is 40.8 Å². The van der Waals surface area contributed by atoms with Crippen molar-refractivity contribution in [3.05, 3.63) is 106 Å². The zero-order valence-corrected chi connectivity index (χ0v) is 28.6. The molecular formula is C38H41ClN6O4. The first-order chi connectivity index (χ1) is 23.7. The molecule has 10 nitrogen and oxygen atoms in total. The number of aryl methyl sites for hydroxylation is 1. The summed E-state index contributed by atoms with van der Waals surface area (Å²) in [6.45, 7) is 8.02. The predicted octanol–water partition coefficient (Wildman–Crippen LogP) is 6.95. The van der Waals surface area contributed by atoms with Crippen molar-refractivity contribution in [2.24, 2.45) is 0 Å². The van der Waals surface area contributed by atoms with Gasteiger partial charge in [0.2, 0.25) is 0 Å². The number of hydrogen-bond acceptors (Lipinski definition) is 7. The van der Waals surface area contributed by atoms with Crippen LogP contribution in [0.1, 0.15) is 75.3 Å². The summed E-state index contributed by atoms with van der Waals surface area (Å²) < 4.78 is 0. The number of hydrogen-bond donors (Lipinski definition) is 3. The number of carboxylic acid groups (broad SMARTS) is 1. The molecule has 0 saturated carbocycles. The van der Waals surface area contributed by atoms with E-state index in [1.54, 1.807) is 30.6 Å². The number of pyridine rings is 2. The molecule has 2 amide bonds. The predicted molar refractivity (Wildman–Crippen MR) is 191 cm³/mol. The summed E-state index contributed by atoms with van der Waals surface area (Å²) in [6, 6.07) is 15.9. The van der Waals surface area contributed by atoms with Crippen LogP contribution in [-0.4, -0.2) is 68.3 Å². The minimum Gasteiger partial charge on any atom is -0.480 e. The molecule has 2 aliphatic heterocycles. The molecule has 0 unspecified atom stereocenters. The molecule has 1 atom stereocenters. The van der Waals surface area contributed by atoms with Crippen molar-refractivity contribution < 1.29 is 19.5 Å². The van der Waals surface area contributed by atoms with E-state index in [-0.39, 0.29) is 17.5 Å². The highest BCUT2D eigenvalue weighted by molar-refractivity contribution is 6.36. The number of amides is 2. The van der Waals surface area contributed by atoms with Gasteiger partial charge in [-0.3, -0.25) is 34.2 Å². The van der Waals surface area contributed by atoms with Crippen LogP contribution in [0.5, 0.6) is 0 Å². The molecule has 11 heteroatoms. The molecule has 2 aromatic heterocycles. The molecule has 2 saturated heterocycles. The molecule has 4 aromatic rings. The number of halogens is 1. The van der Waals surface area contributed by atoms with Gasteiger partial charge >= 0.3 is 5.97 Å². The molecule has 2 aliphatic rings. The maximum Gasteiger partial charge on any atom is 0.320 e. The van der Waals surface area contributed by atoms with Crippen LogP contribution in [0.15, 0.2) is 67.0 Å². The average Bonchev–Trinajstić information content (AvgIpc) is 3.61. The third-order valence-electron chi connectivity index (χ3n) is 9.51. The normalized spacial score (nSPS) is 16.8. The van der Waals surface area contributed by atoms with E-state index < -0.39 is 12.0 Å². The Hall–Kier alpha value is -4.64. The molecule has 2 aromatic carbocycles. The number of carboxylic acids is 1. The number of aliphatic carboxylic acids is 1. The highest BCUT2D eigenvalue weighted by Gasteiger charge is 2.29. The van der Waals surface area contributed by atoms with E-state index in [9.17, 15) is 19.5 Å². The van der Waals surface area contributed by atoms with Crippen LogP contribution in [0.2, 0.25) is 5.02 Å². The number of aromatic nitrogens is 2. The molecule has 0 spiro atoms. The number of piperidine rings is 1. The summed E-state index contributed by atoms with van der Waals surface area (Å²) in [5.41, 5.74) is 6.79. The number of carbonyl (C=O) groups excluding carboxylic acids is 2. The second-order valence-corrected chi connectivity index (χ2v) is 13.3. The van der Waals surface area contributed by atoms with Crippen molar-refractivity contribution in [2.75, 3.05) is 30.3 Å². The topological polar surface area (TPSA) is 128 Å². The van der Waals surface area contributed by atoms with E-state index in [4.69, 9.17) is 11.6 Å². The second-order valence-electron chi connectivity index (χ2n) is 12.9. The first kappa shape index (κ1) is 34.2. The van der Waals surface area contributed by atoms with Crippen LogP contribution in [0.4, 0.5) is 11.4 Å². The first-order valence-corrected chi connectivity index (χ1v) is 17.2. The second kappa shape index (κ2) is 15.3. The highest BCUT2D eigenvalue weighted by atomic mass is 35.5. The summed E-state index contributed by atoms with van der Waals surface area (Å²) >= 11 is 6.88. The molecule has 254 valence electrons. The number of rotatable bonds is 10. The Kier molecular flexibility index (Phi) is 10.7. The van der Waals surface area contributed by atoms with Crippen LogP contribution in [0.3, 0.4) is 0 Å². The Bertz CT molecular complexity index is 1860. The minimum absolute atomic E-state index is 0.264. The SMILES string of the molecule is Cc1cc(C(=O)Nc2cccc(-c3cccc(NC(=O)c4ccc(CN5CCCC5)cn4)c3Cl)c2C)ncc1CN1CCCC[C@H]1C(=O)O. The molecule has 0 aliphatic carbocycles. The average molecular weight is 681 g/mol. The van der Waals surface area contributed by atoms with E-state index in [1.165, 1.54) is 12.8 Å². The van der Waals surface area contributed by atoms with Gasteiger partial charge in [0.25, 0.3) is 11.8 Å². The Morgan fingerprint density at radius 1 is 0.816 bits per heavy atom. The molecular weight excluding hydrogens is 640 g/mol. The van der Waals surface area contributed by atoms with Gasteiger partial charge in [-0.05, 0) is 111 Å². The number of nitrogens with zero attached hydrogens (tertiary/aromatic N) is 4. The van der Waals surface area contributed by atoms with E-state index in [2.05, 4.69) is 25.5 Å². The molecule has 3 N–H and O–H groups in total. The minimum atomic E-state index is -0.803. The fourth-order valence-corrected chi connectivity index (χ4v) is 6.95. The number of benzene rings is 2. The Morgan fingerprint density at radius 2 is 1.49 bits per heavy atom. The number of likely N-dealkylation sites (tertiary alicyclic amines) is 2. The number of anilines is 2. The van der Waals surface area contributed by atoms with Gasteiger partial charge in [0.05, 0.1) is 10.7 Å². The molecule has 49 heavy (non-hydrogen) atoms. The first-order valence-electron chi connectivity index (χ1n) is 16.8. The fourth-order valence-electron chi connectivity index (χ4n) is 6.68. The Labute approximate surface area is 291 Å². The van der Waals surface area contributed by atoms with Gasteiger partial charge in [-0.15, -0.1) is 0 Å². The lowest BCUT2D eigenvalue weighted by molar-refractivity contribution is -0.144. The molecule has 2 fully saturated rings. The smallest absolute Gasteiger partial charge is 0.320 e. The van der Waals surface area contributed by atoms with Gasteiger partial charge in [-0.1, -0.05) is 48.4 Å². The van der Waals surface area contributed by atoms with Gasteiger partial charge in [0.15, 0.2) is 0 Å². The quantitative estimate of drug-likeness (QED) is 0.164. The van der Waals surface area contributed by atoms with Crippen LogP contribution < -0.4 is 10.6 Å². The monoisotopic (exact) mass is 680 g/mol. The summed E-state index contributed by atoms with van der Waals surface area (Å²) in [6.07, 6.45) is 8.36. The van der Waals surface area contributed by atoms with Gasteiger partial charge in [0, 0.05) is 36.7 Å². The maximum absolute atomic E-state index is 13.3. The largest absolute Gasteiger partial charge is 0.480 e. The zero-order valence-electron chi connectivity index (χ0n) is 27.8. The van der Waals surface area contributed by atoms with Crippen LogP contribution in [0, 0.1) is 13.8 Å². The van der Waals surface area contributed by atoms with E-state index in [0.29, 0.717) is 40.6 Å². The third kappa shape index (κ3) is 7.99. The van der Waals surface area contributed by atoms with Crippen molar-refractivity contribution in [3.8, 4) is 11.1 Å². The zero-order chi connectivity index (χ0) is 34.5. The number of nitrogens with one attached hydrogen (secondary N) is 2. The maximum atomic E-state index is 13.3. The van der Waals surface area contributed by atoms with Crippen LogP contribution in [0.25, 0.3) is 11.1 Å². The van der Waals surface area contributed by atoms with E-state index in [1.807, 2.05) is 55.1 Å². The van der Waals surface area contributed by atoms with Crippen molar-refractivity contribution in [1.29, 1.82) is 0 Å². The molecule has 4 heterocycles. The van der Waals surface area contributed by atoms with Crippen molar-refractivity contribution in [3.63, 3.8) is 0 Å². The Balaban J connectivity index is 1.14. The fraction of sp³-hybridized carbons (Fsp3) is 0.342. The summed E-state index contributed by atoms with van der Waals surface area (Å²) in [4.78, 5) is 51.4. The van der Waals surface area contributed by atoms with Crippen molar-refractivity contribution in [1.82, 2.24) is 19.8 Å². The standard InChI is InChI=1S/C38H41ClN6O4/c1-24-19-33(41-21-27(24)23-45-18-4-3-13-34(45)38(48)49)37(47)42-30-11-7-9-28(25(30)2)29-10-8-12-31(35(29)39)43-36(46)32-15-14-26(20-40-32)22-44-16-5-6-17-44/h7-12,14-15,19-21,34H,3-6,13,16-18,22-23H2,1-2H3,(H,42,47)(H,43,46)(H,48,49)/t34-/m0/s1. The molecule has 0 bridgehead atoms. The molecule has 6 rings (SSSR count). The van der Waals surface area contributed by atoms with Gasteiger partial charge in [-0.25, -0.2) is 0 Å². The van der Waals surface area contributed by atoms with E-state index >= 15 is 0 Å².